The molecule has 0 aliphatic carbocycles. The number of carbonyl (C=O) groups is 1. The molecule has 1 aliphatic rings. The number of rotatable bonds is 2. The molecule has 0 spiro atoms. The van der Waals surface area contributed by atoms with E-state index in [2.05, 4.69) is 6.07 Å². The minimum atomic E-state index is -0.943. The first-order valence-corrected chi connectivity index (χ1v) is 8.70. The second-order valence-corrected chi connectivity index (χ2v) is 6.97. The number of nitrogens with zero attached hydrogens (tertiary/aromatic N) is 3. The third-order valence-corrected chi connectivity index (χ3v) is 4.79. The standard InChI is InChI=1S/C21H21N3O4/c1-13-14(12-22)9-10-15-17(13)18(24-11-7-6-8-16(24)25)19(21(2,3)28-15)23(4)20(26)27-5/h6-11H,1-5H3. The molecule has 2 heterocycles. The lowest BCUT2D eigenvalue weighted by Crippen LogP contribution is -2.46. The maximum Gasteiger partial charge on any atom is 0.413 e. The topological polar surface area (TPSA) is 84.6 Å². The predicted octanol–water partition coefficient (Wildman–Crippen LogP) is 3.11. The van der Waals surface area contributed by atoms with Crippen LogP contribution in [0.4, 0.5) is 4.79 Å². The number of hydrogen-bond acceptors (Lipinski definition) is 5. The van der Waals surface area contributed by atoms with Gasteiger partial charge in [0.1, 0.15) is 11.4 Å². The van der Waals surface area contributed by atoms with Gasteiger partial charge in [0.25, 0.3) is 5.56 Å². The van der Waals surface area contributed by atoms with E-state index in [1.165, 1.54) is 22.6 Å². The van der Waals surface area contributed by atoms with Gasteiger partial charge in [0.05, 0.1) is 30.1 Å². The average molecular weight is 379 g/mol. The van der Waals surface area contributed by atoms with Crippen LogP contribution in [0.5, 0.6) is 5.75 Å². The van der Waals surface area contributed by atoms with Gasteiger partial charge in [-0.1, -0.05) is 6.07 Å². The Morgan fingerprint density at radius 2 is 2.00 bits per heavy atom. The SMILES string of the molecule is COC(=O)N(C)C1=C(n2ccccc2=O)c2c(ccc(C#N)c2C)OC1(C)C. The van der Waals surface area contributed by atoms with Gasteiger partial charge in [-0.25, -0.2) is 4.79 Å². The van der Waals surface area contributed by atoms with Crippen LogP contribution in [0, 0.1) is 18.3 Å². The van der Waals surface area contributed by atoms with Crippen molar-refractivity contribution in [2.75, 3.05) is 14.2 Å². The van der Waals surface area contributed by atoms with E-state index >= 15 is 0 Å². The van der Waals surface area contributed by atoms with Crippen LogP contribution in [0.2, 0.25) is 0 Å². The van der Waals surface area contributed by atoms with Crippen molar-refractivity contribution in [3.8, 4) is 11.8 Å². The molecule has 7 heteroatoms. The van der Waals surface area contributed by atoms with Gasteiger partial charge in [0, 0.05) is 24.9 Å². The van der Waals surface area contributed by atoms with E-state index in [1.807, 2.05) is 13.8 Å². The monoisotopic (exact) mass is 379 g/mol. The molecule has 0 saturated heterocycles. The lowest BCUT2D eigenvalue weighted by molar-refractivity contribution is 0.0929. The molecular formula is C21H21N3O4. The number of methoxy groups -OCH3 is 1. The highest BCUT2D eigenvalue weighted by molar-refractivity contribution is 5.83. The zero-order valence-electron chi connectivity index (χ0n) is 16.4. The first-order chi connectivity index (χ1) is 13.2. The van der Waals surface area contributed by atoms with E-state index in [0.717, 1.165) is 0 Å². The van der Waals surface area contributed by atoms with Gasteiger partial charge < -0.3 is 9.47 Å². The molecule has 1 aromatic carbocycles. The zero-order chi connectivity index (χ0) is 20.6. The van der Waals surface area contributed by atoms with Crippen LogP contribution in [0.3, 0.4) is 0 Å². The fourth-order valence-corrected chi connectivity index (χ4v) is 3.55. The van der Waals surface area contributed by atoms with E-state index in [-0.39, 0.29) is 5.56 Å². The van der Waals surface area contributed by atoms with Crippen LogP contribution in [-0.4, -0.2) is 35.3 Å². The number of likely N-dealkylation sites (N-methyl/N-ethyl adjacent to an activating group) is 1. The second kappa shape index (κ2) is 6.89. The van der Waals surface area contributed by atoms with E-state index in [4.69, 9.17) is 9.47 Å². The molecule has 1 amide bonds. The Hall–Kier alpha value is -3.53. The molecule has 0 saturated carbocycles. The van der Waals surface area contributed by atoms with Crippen LogP contribution < -0.4 is 10.3 Å². The summed E-state index contributed by atoms with van der Waals surface area (Å²) in [5.74, 6) is 0.536. The van der Waals surface area contributed by atoms with Gasteiger partial charge in [-0.15, -0.1) is 0 Å². The smallest absolute Gasteiger partial charge is 0.413 e. The maximum atomic E-state index is 12.7. The van der Waals surface area contributed by atoms with Crippen molar-refractivity contribution < 1.29 is 14.3 Å². The molecule has 144 valence electrons. The second-order valence-electron chi connectivity index (χ2n) is 6.97. The first-order valence-electron chi connectivity index (χ1n) is 8.70. The van der Waals surface area contributed by atoms with E-state index in [0.29, 0.717) is 33.8 Å². The van der Waals surface area contributed by atoms with Crippen LogP contribution in [0.25, 0.3) is 5.70 Å². The predicted molar refractivity (Wildman–Crippen MR) is 104 cm³/mol. The number of ether oxygens (including phenoxy) is 2. The number of benzene rings is 1. The van der Waals surface area contributed by atoms with Crippen LogP contribution >= 0.6 is 0 Å². The molecule has 28 heavy (non-hydrogen) atoms. The summed E-state index contributed by atoms with van der Waals surface area (Å²) in [5.41, 5.74) is 1.45. The van der Waals surface area contributed by atoms with Crippen molar-refractivity contribution in [3.05, 3.63) is 69.3 Å². The molecule has 1 aromatic heterocycles. The summed E-state index contributed by atoms with van der Waals surface area (Å²) >= 11 is 0. The zero-order valence-corrected chi connectivity index (χ0v) is 16.4. The minimum absolute atomic E-state index is 0.265. The third-order valence-electron chi connectivity index (χ3n) is 4.79. The van der Waals surface area contributed by atoms with Crippen molar-refractivity contribution in [2.45, 2.75) is 26.4 Å². The van der Waals surface area contributed by atoms with Gasteiger partial charge >= 0.3 is 6.09 Å². The molecule has 7 nitrogen and oxygen atoms in total. The van der Waals surface area contributed by atoms with E-state index in [9.17, 15) is 14.9 Å². The Morgan fingerprint density at radius 3 is 2.61 bits per heavy atom. The van der Waals surface area contributed by atoms with Crippen LogP contribution in [0.1, 0.15) is 30.5 Å². The first kappa shape index (κ1) is 19.2. The van der Waals surface area contributed by atoms with Gasteiger partial charge in [-0.05, 0) is 44.5 Å². The number of aromatic nitrogens is 1. The molecular weight excluding hydrogens is 358 g/mol. The number of hydrogen-bond donors (Lipinski definition) is 0. The summed E-state index contributed by atoms with van der Waals surface area (Å²) in [4.78, 5) is 26.4. The van der Waals surface area contributed by atoms with Gasteiger partial charge in [0.2, 0.25) is 0 Å². The average Bonchev–Trinajstić information content (AvgIpc) is 2.66. The number of nitriles is 1. The summed E-state index contributed by atoms with van der Waals surface area (Å²) in [6.07, 6.45) is 1.04. The fourth-order valence-electron chi connectivity index (χ4n) is 3.55. The number of carbonyl (C=O) groups excluding carboxylic acids is 1. The van der Waals surface area contributed by atoms with Gasteiger partial charge in [0.15, 0.2) is 0 Å². The molecule has 0 unspecified atom stereocenters. The molecule has 1 aliphatic heterocycles. The number of fused-ring (bicyclic) bond motifs is 1. The largest absolute Gasteiger partial charge is 0.481 e. The summed E-state index contributed by atoms with van der Waals surface area (Å²) in [7, 11) is 2.85. The van der Waals surface area contributed by atoms with E-state index in [1.54, 1.807) is 44.4 Å². The molecule has 0 fully saturated rings. The molecule has 3 rings (SSSR count). The summed E-state index contributed by atoms with van der Waals surface area (Å²) < 4.78 is 12.5. The highest BCUT2D eigenvalue weighted by Crippen LogP contribution is 2.44. The van der Waals surface area contributed by atoms with Crippen LogP contribution in [0.15, 0.2) is 47.0 Å². The quantitative estimate of drug-likeness (QED) is 0.800. The van der Waals surface area contributed by atoms with Crippen LogP contribution in [-0.2, 0) is 4.74 Å². The van der Waals surface area contributed by atoms with Gasteiger partial charge in [-0.2, -0.15) is 5.26 Å². The Labute approximate surface area is 163 Å². The van der Waals surface area contributed by atoms with Crippen molar-refractivity contribution >= 4 is 11.8 Å². The Bertz CT molecular complexity index is 1090. The molecule has 0 bridgehead atoms. The molecule has 2 aromatic rings. The number of pyridine rings is 1. The summed E-state index contributed by atoms with van der Waals surface area (Å²) in [6.45, 7) is 5.42. The van der Waals surface area contributed by atoms with Crippen molar-refractivity contribution in [1.82, 2.24) is 9.47 Å². The Balaban J connectivity index is 2.50. The third kappa shape index (κ3) is 2.93. The van der Waals surface area contributed by atoms with Crippen molar-refractivity contribution in [1.29, 1.82) is 5.26 Å². The normalized spacial score (nSPS) is 14.6. The lowest BCUT2D eigenvalue weighted by Gasteiger charge is -2.40. The Morgan fingerprint density at radius 1 is 1.29 bits per heavy atom. The molecule has 0 radical (unpaired) electrons. The van der Waals surface area contributed by atoms with Crippen molar-refractivity contribution in [3.63, 3.8) is 0 Å². The summed E-state index contributed by atoms with van der Waals surface area (Å²) in [6, 6.07) is 10.4. The number of amides is 1. The minimum Gasteiger partial charge on any atom is -0.481 e. The van der Waals surface area contributed by atoms with Crippen molar-refractivity contribution in [2.24, 2.45) is 0 Å². The summed E-state index contributed by atoms with van der Waals surface area (Å²) in [5, 5.41) is 9.48. The highest BCUT2D eigenvalue weighted by atomic mass is 16.5. The van der Waals surface area contributed by atoms with Gasteiger partial charge in [-0.3, -0.25) is 14.3 Å². The fraction of sp³-hybridized carbons (Fsp3) is 0.286. The molecule has 0 atom stereocenters. The lowest BCUT2D eigenvalue weighted by atomic mass is 9.90. The highest BCUT2D eigenvalue weighted by Gasteiger charge is 2.41. The van der Waals surface area contributed by atoms with E-state index < -0.39 is 11.7 Å². The maximum absolute atomic E-state index is 12.7. The Kier molecular flexibility index (Phi) is 4.73. The molecule has 0 N–H and O–H groups in total.